The van der Waals surface area contributed by atoms with E-state index < -0.39 is 11.6 Å². The van der Waals surface area contributed by atoms with E-state index >= 15 is 0 Å². The molecule has 0 radical (unpaired) electrons. The van der Waals surface area contributed by atoms with Crippen LogP contribution >= 0.6 is 0 Å². The number of ether oxygens (including phenoxy) is 4. The molecule has 0 bridgehead atoms. The molecular formula is C33H31N3O6. The van der Waals surface area contributed by atoms with E-state index in [2.05, 4.69) is 41.3 Å². The number of carbonyl (C=O) groups is 2. The predicted molar refractivity (Wildman–Crippen MR) is 159 cm³/mol. The Bertz CT molecular complexity index is 1680. The normalized spacial score (nSPS) is 13.4. The molecule has 0 spiro atoms. The van der Waals surface area contributed by atoms with Crippen LogP contribution < -0.4 is 19.5 Å². The Morgan fingerprint density at radius 3 is 2.26 bits per heavy atom. The summed E-state index contributed by atoms with van der Waals surface area (Å²) in [5.74, 6) is 0.815. The second kappa shape index (κ2) is 12.2. The third kappa shape index (κ3) is 6.01. The van der Waals surface area contributed by atoms with E-state index in [1.807, 2.05) is 30.3 Å². The summed E-state index contributed by atoms with van der Waals surface area (Å²) >= 11 is 0. The lowest BCUT2D eigenvalue weighted by Crippen LogP contribution is -2.21. The summed E-state index contributed by atoms with van der Waals surface area (Å²) in [5, 5.41) is 3.56. The molecule has 0 fully saturated rings. The number of nitrogens with one attached hydrogen (secondary N) is 1. The first kappa shape index (κ1) is 28.5. The molecule has 0 unspecified atom stereocenters. The van der Waals surface area contributed by atoms with Gasteiger partial charge in [-0.15, -0.1) is 0 Å². The highest BCUT2D eigenvalue weighted by Crippen LogP contribution is 2.35. The van der Waals surface area contributed by atoms with Gasteiger partial charge in [0, 0.05) is 36.1 Å². The molecule has 0 amide bonds. The molecular weight excluding hydrogens is 534 g/mol. The molecule has 3 aromatic carbocycles. The van der Waals surface area contributed by atoms with Gasteiger partial charge in [-0.2, -0.15) is 0 Å². The maximum Gasteiger partial charge on any atom is 0.223 e. The summed E-state index contributed by atoms with van der Waals surface area (Å²) in [4.78, 5) is 34.5. The Kier molecular flexibility index (Phi) is 8.31. The van der Waals surface area contributed by atoms with Gasteiger partial charge in [0.05, 0.1) is 24.9 Å². The summed E-state index contributed by atoms with van der Waals surface area (Å²) in [6, 6.07) is 21.2. The van der Waals surface area contributed by atoms with Gasteiger partial charge in [0.15, 0.2) is 17.3 Å². The van der Waals surface area contributed by atoms with Crippen molar-refractivity contribution < 1.29 is 28.5 Å². The molecule has 1 heterocycles. The maximum absolute atomic E-state index is 13.0. The largest absolute Gasteiger partial charge is 0.493 e. The first-order valence-corrected chi connectivity index (χ1v) is 13.4. The van der Waals surface area contributed by atoms with Crippen LogP contribution in [0.25, 0.3) is 10.9 Å². The average Bonchev–Trinajstić information content (AvgIpc) is 3.00. The Labute approximate surface area is 243 Å². The summed E-state index contributed by atoms with van der Waals surface area (Å²) in [6.07, 6.45) is 3.75. The van der Waals surface area contributed by atoms with Gasteiger partial charge in [0.25, 0.3) is 0 Å². The molecule has 9 nitrogen and oxygen atoms in total. The van der Waals surface area contributed by atoms with Gasteiger partial charge >= 0.3 is 0 Å². The minimum absolute atomic E-state index is 0.0618. The number of carbonyl (C=O) groups excluding carboxylic acids is 2. The zero-order valence-corrected chi connectivity index (χ0v) is 23.8. The van der Waals surface area contributed by atoms with Gasteiger partial charge in [-0.05, 0) is 29.3 Å². The second-order valence-electron chi connectivity index (χ2n) is 10.1. The standard InChI is InChI=1S/C33H31N3O6/c1-33(2,21-8-6-5-7-9-21)22-10-12-23(13-11-22)42-29-19-27(37)26(17-28(29)38)36-32-24-16-30(40-4)31(41-15-14-39-3)18-25(24)34-20-35-32/h5-13,16-20H,14-15H2,1-4H3,(H,34,35,36). The number of anilines is 1. The first-order valence-electron chi connectivity index (χ1n) is 13.4. The van der Waals surface area contributed by atoms with Crippen LogP contribution in [-0.4, -0.2) is 49.0 Å². The zero-order chi connectivity index (χ0) is 29.7. The lowest BCUT2D eigenvalue weighted by atomic mass is 9.78. The highest BCUT2D eigenvalue weighted by atomic mass is 16.5. The van der Waals surface area contributed by atoms with Gasteiger partial charge in [0.1, 0.15) is 24.5 Å². The van der Waals surface area contributed by atoms with Gasteiger partial charge in [-0.25, -0.2) is 9.97 Å². The van der Waals surface area contributed by atoms with Crippen molar-refractivity contribution in [2.24, 2.45) is 0 Å². The number of fused-ring (bicyclic) bond motifs is 1. The van der Waals surface area contributed by atoms with E-state index in [0.717, 1.165) is 5.56 Å². The molecule has 1 aliphatic carbocycles. The van der Waals surface area contributed by atoms with Crippen molar-refractivity contribution in [3.05, 3.63) is 108 Å². The van der Waals surface area contributed by atoms with Crippen molar-refractivity contribution in [1.82, 2.24) is 9.97 Å². The Morgan fingerprint density at radius 1 is 0.810 bits per heavy atom. The number of rotatable bonds is 11. The zero-order valence-electron chi connectivity index (χ0n) is 23.8. The van der Waals surface area contributed by atoms with Crippen molar-refractivity contribution in [3.8, 4) is 17.2 Å². The summed E-state index contributed by atoms with van der Waals surface area (Å²) < 4.78 is 22.1. The number of benzene rings is 3. The van der Waals surface area contributed by atoms with E-state index in [1.54, 1.807) is 31.4 Å². The van der Waals surface area contributed by atoms with Crippen LogP contribution in [0.1, 0.15) is 25.0 Å². The van der Waals surface area contributed by atoms with Crippen molar-refractivity contribution >= 4 is 28.3 Å². The van der Waals surface area contributed by atoms with Crippen LogP contribution in [0, 0.1) is 0 Å². The number of methoxy groups -OCH3 is 2. The number of allylic oxidation sites excluding steroid dienone is 2. The number of aromatic nitrogens is 2. The minimum atomic E-state index is -0.449. The highest BCUT2D eigenvalue weighted by molar-refractivity contribution is 6.20. The Hall–Kier alpha value is -5.02. The van der Waals surface area contributed by atoms with Crippen LogP contribution in [0.3, 0.4) is 0 Å². The van der Waals surface area contributed by atoms with Gasteiger partial charge in [-0.1, -0.05) is 56.3 Å². The number of hydrogen-bond donors (Lipinski definition) is 1. The monoisotopic (exact) mass is 565 g/mol. The second-order valence-corrected chi connectivity index (χ2v) is 10.1. The lowest BCUT2D eigenvalue weighted by molar-refractivity contribution is -0.116. The van der Waals surface area contributed by atoms with E-state index in [1.165, 1.54) is 31.2 Å². The van der Waals surface area contributed by atoms with Crippen molar-refractivity contribution in [2.75, 3.05) is 32.8 Å². The molecule has 0 saturated carbocycles. The molecule has 1 aliphatic rings. The van der Waals surface area contributed by atoms with Crippen LogP contribution in [0.2, 0.25) is 0 Å². The molecule has 0 aliphatic heterocycles. The van der Waals surface area contributed by atoms with Crippen molar-refractivity contribution in [2.45, 2.75) is 19.3 Å². The fourth-order valence-corrected chi connectivity index (χ4v) is 4.61. The predicted octanol–water partition coefficient (Wildman–Crippen LogP) is 5.40. The molecule has 5 rings (SSSR count). The Morgan fingerprint density at radius 2 is 1.55 bits per heavy atom. The summed E-state index contributed by atoms with van der Waals surface area (Å²) in [7, 11) is 3.12. The highest BCUT2D eigenvalue weighted by Gasteiger charge is 2.25. The molecule has 1 N–H and O–H groups in total. The molecule has 0 atom stereocenters. The number of nitrogens with zero attached hydrogens (tertiary/aromatic N) is 2. The summed E-state index contributed by atoms with van der Waals surface area (Å²) in [6.45, 7) is 5.05. The third-order valence-corrected chi connectivity index (χ3v) is 7.06. The fourth-order valence-electron chi connectivity index (χ4n) is 4.61. The quantitative estimate of drug-likeness (QED) is 0.189. The molecule has 42 heavy (non-hydrogen) atoms. The number of hydrogen-bond acceptors (Lipinski definition) is 9. The van der Waals surface area contributed by atoms with Crippen LogP contribution in [0.4, 0.5) is 5.82 Å². The molecule has 0 saturated heterocycles. The summed E-state index contributed by atoms with van der Waals surface area (Å²) in [5.41, 5.74) is 2.69. The fraction of sp³-hybridized carbons (Fsp3) is 0.212. The van der Waals surface area contributed by atoms with Crippen molar-refractivity contribution in [3.63, 3.8) is 0 Å². The van der Waals surface area contributed by atoms with Gasteiger partial charge in [0.2, 0.25) is 11.6 Å². The van der Waals surface area contributed by atoms with Crippen molar-refractivity contribution in [1.29, 1.82) is 0 Å². The van der Waals surface area contributed by atoms with Gasteiger partial charge < -0.3 is 24.3 Å². The van der Waals surface area contributed by atoms with E-state index in [-0.39, 0.29) is 16.9 Å². The van der Waals surface area contributed by atoms with Crippen LogP contribution in [0.5, 0.6) is 17.2 Å². The van der Waals surface area contributed by atoms with Crippen LogP contribution in [-0.2, 0) is 19.7 Å². The minimum Gasteiger partial charge on any atom is -0.493 e. The van der Waals surface area contributed by atoms with E-state index in [4.69, 9.17) is 18.9 Å². The number of ketones is 2. The van der Waals surface area contributed by atoms with Gasteiger partial charge in [-0.3, -0.25) is 9.59 Å². The third-order valence-electron chi connectivity index (χ3n) is 7.06. The topological polar surface area (TPSA) is 109 Å². The molecule has 1 aromatic heterocycles. The van der Waals surface area contributed by atoms with E-state index in [0.29, 0.717) is 47.2 Å². The lowest BCUT2D eigenvalue weighted by Gasteiger charge is -2.26. The average molecular weight is 566 g/mol. The molecule has 9 heteroatoms. The maximum atomic E-state index is 13.0. The van der Waals surface area contributed by atoms with E-state index in [9.17, 15) is 9.59 Å². The van der Waals surface area contributed by atoms with Crippen LogP contribution in [0.15, 0.2) is 96.7 Å². The Balaban J connectivity index is 1.31. The molecule has 4 aromatic rings. The first-order chi connectivity index (χ1) is 20.3. The molecule has 214 valence electrons. The SMILES string of the molecule is COCCOc1cc2ncnc(NC3=CC(=O)C(Oc4ccc(C(C)(C)c5ccccc5)cc4)=CC3=O)c2cc1OC. The smallest absolute Gasteiger partial charge is 0.223 e.